The summed E-state index contributed by atoms with van der Waals surface area (Å²) >= 11 is 3.40. The number of carbonyl (C=O) groups excluding carboxylic acids is 1. The van der Waals surface area contributed by atoms with Crippen molar-refractivity contribution in [1.82, 2.24) is 9.88 Å². The molecule has 120 valence electrons. The van der Waals surface area contributed by atoms with Gasteiger partial charge in [0.15, 0.2) is 0 Å². The molecule has 4 nitrogen and oxygen atoms in total. The average molecular weight is 371 g/mol. The Bertz CT molecular complexity index is 704. The predicted octanol–water partition coefficient (Wildman–Crippen LogP) is 4.38. The molecule has 1 heterocycles. The van der Waals surface area contributed by atoms with Crippen LogP contribution in [0, 0.1) is 12.7 Å². The van der Waals surface area contributed by atoms with E-state index in [0.29, 0.717) is 17.6 Å². The second-order valence-electron chi connectivity index (χ2n) is 6.22. The highest BCUT2D eigenvalue weighted by Gasteiger charge is 2.16. The van der Waals surface area contributed by atoms with Gasteiger partial charge >= 0.3 is 6.09 Å². The third kappa shape index (κ3) is 4.00. The number of hydrogen-bond acceptors (Lipinski definition) is 2. The highest BCUT2D eigenvalue weighted by Crippen LogP contribution is 2.29. The summed E-state index contributed by atoms with van der Waals surface area (Å²) in [6.07, 6.45) is 1.51. The number of carbonyl (C=O) groups is 1. The zero-order chi connectivity index (χ0) is 16.5. The van der Waals surface area contributed by atoms with Crippen molar-refractivity contribution in [2.24, 2.45) is 0 Å². The maximum atomic E-state index is 13.5. The summed E-state index contributed by atoms with van der Waals surface area (Å²) in [5, 5.41) is 3.59. The number of aromatic nitrogens is 1. The number of amides is 1. The van der Waals surface area contributed by atoms with Crippen LogP contribution in [0.5, 0.6) is 0 Å². The van der Waals surface area contributed by atoms with E-state index in [-0.39, 0.29) is 5.82 Å². The highest BCUT2D eigenvalue weighted by molar-refractivity contribution is 9.10. The minimum absolute atomic E-state index is 0.271. The third-order valence-corrected chi connectivity index (χ3v) is 3.72. The van der Waals surface area contributed by atoms with E-state index in [1.54, 1.807) is 0 Å². The molecule has 2 rings (SSSR count). The molecule has 1 N–H and O–H groups in total. The third-order valence-electron chi connectivity index (χ3n) is 3.11. The fourth-order valence-corrected chi connectivity index (χ4v) is 2.96. The molecule has 0 saturated carbocycles. The van der Waals surface area contributed by atoms with Crippen LogP contribution in [0.2, 0.25) is 0 Å². The standard InChI is InChI=1S/C16H20BrFN2O2/c1-10-9-20(6-5-19-15(21)22-16(2,3)4)14-12(10)7-11(18)8-13(14)17/h7-9H,5-6H2,1-4H3,(H,19,21). The molecule has 6 heteroatoms. The molecule has 0 unspecified atom stereocenters. The lowest BCUT2D eigenvalue weighted by atomic mass is 10.2. The van der Waals surface area contributed by atoms with Crippen molar-refractivity contribution in [2.75, 3.05) is 6.54 Å². The molecule has 0 bridgehead atoms. The molecule has 22 heavy (non-hydrogen) atoms. The molecule has 0 aliphatic heterocycles. The van der Waals surface area contributed by atoms with Crippen LogP contribution in [0.1, 0.15) is 26.3 Å². The van der Waals surface area contributed by atoms with Gasteiger partial charge in [0.05, 0.1) is 5.52 Å². The van der Waals surface area contributed by atoms with Crippen LogP contribution in [0.4, 0.5) is 9.18 Å². The molecular weight excluding hydrogens is 351 g/mol. The van der Waals surface area contributed by atoms with E-state index in [0.717, 1.165) is 16.5 Å². The van der Waals surface area contributed by atoms with Gasteiger partial charge in [-0.25, -0.2) is 9.18 Å². The number of ether oxygens (including phenoxy) is 1. The number of alkyl carbamates (subject to hydrolysis) is 1. The average Bonchev–Trinajstić information content (AvgIpc) is 2.64. The minimum Gasteiger partial charge on any atom is -0.444 e. The number of nitrogens with zero attached hydrogens (tertiary/aromatic N) is 1. The van der Waals surface area contributed by atoms with E-state index in [4.69, 9.17) is 4.74 Å². The first-order valence-electron chi connectivity index (χ1n) is 7.09. The summed E-state index contributed by atoms with van der Waals surface area (Å²) in [5.41, 5.74) is 1.40. The Kier molecular flexibility index (Phi) is 4.80. The Balaban J connectivity index is 2.08. The van der Waals surface area contributed by atoms with E-state index in [1.807, 2.05) is 38.5 Å². The van der Waals surface area contributed by atoms with E-state index in [9.17, 15) is 9.18 Å². The topological polar surface area (TPSA) is 43.3 Å². The quantitative estimate of drug-likeness (QED) is 0.871. The van der Waals surface area contributed by atoms with E-state index in [2.05, 4.69) is 21.2 Å². The normalized spacial score (nSPS) is 11.7. The first kappa shape index (κ1) is 16.8. The van der Waals surface area contributed by atoms with Gasteiger partial charge in [-0.1, -0.05) is 0 Å². The Hall–Kier alpha value is -1.56. The molecule has 0 atom stereocenters. The van der Waals surface area contributed by atoms with E-state index < -0.39 is 11.7 Å². The van der Waals surface area contributed by atoms with Gasteiger partial charge < -0.3 is 14.6 Å². The zero-order valence-electron chi connectivity index (χ0n) is 13.2. The molecule has 1 aromatic heterocycles. The SMILES string of the molecule is Cc1cn(CCNC(=O)OC(C)(C)C)c2c(Br)cc(F)cc12. The number of fused-ring (bicyclic) bond motifs is 1. The number of benzene rings is 1. The monoisotopic (exact) mass is 370 g/mol. The first-order valence-corrected chi connectivity index (χ1v) is 7.88. The van der Waals surface area contributed by atoms with Crippen molar-refractivity contribution in [2.45, 2.75) is 39.8 Å². The Morgan fingerprint density at radius 3 is 2.73 bits per heavy atom. The summed E-state index contributed by atoms with van der Waals surface area (Å²) in [6.45, 7) is 8.41. The number of rotatable bonds is 3. The largest absolute Gasteiger partial charge is 0.444 e. The van der Waals surface area contributed by atoms with Gasteiger partial charge in [0, 0.05) is 29.1 Å². The molecule has 1 aromatic carbocycles. The number of nitrogens with one attached hydrogen (secondary N) is 1. The number of hydrogen-bond donors (Lipinski definition) is 1. The number of aryl methyl sites for hydroxylation is 1. The summed E-state index contributed by atoms with van der Waals surface area (Å²) in [4.78, 5) is 11.6. The van der Waals surface area contributed by atoms with Crippen molar-refractivity contribution >= 4 is 32.9 Å². The summed E-state index contributed by atoms with van der Waals surface area (Å²) in [6, 6.07) is 2.97. The van der Waals surface area contributed by atoms with Gasteiger partial charge in [0.25, 0.3) is 0 Å². The lowest BCUT2D eigenvalue weighted by molar-refractivity contribution is 0.0526. The zero-order valence-corrected chi connectivity index (χ0v) is 14.8. The van der Waals surface area contributed by atoms with E-state index >= 15 is 0 Å². The second-order valence-corrected chi connectivity index (χ2v) is 7.07. The summed E-state index contributed by atoms with van der Waals surface area (Å²) < 4.78 is 21.4. The predicted molar refractivity (Wildman–Crippen MR) is 88.6 cm³/mol. The van der Waals surface area contributed by atoms with Crippen LogP contribution >= 0.6 is 15.9 Å². The molecule has 1 amide bonds. The molecule has 0 aliphatic carbocycles. The number of halogens is 2. The van der Waals surface area contributed by atoms with Crippen molar-refractivity contribution in [3.8, 4) is 0 Å². The van der Waals surface area contributed by atoms with Gasteiger partial charge in [0.2, 0.25) is 0 Å². The summed E-state index contributed by atoms with van der Waals surface area (Å²) in [5.74, 6) is -0.271. The first-order chi connectivity index (χ1) is 10.2. The maximum absolute atomic E-state index is 13.5. The van der Waals surface area contributed by atoms with Gasteiger partial charge in [-0.05, 0) is 61.3 Å². The van der Waals surface area contributed by atoms with Crippen molar-refractivity contribution in [3.05, 3.63) is 34.2 Å². The second kappa shape index (κ2) is 6.28. The van der Waals surface area contributed by atoms with Crippen molar-refractivity contribution in [1.29, 1.82) is 0 Å². The van der Waals surface area contributed by atoms with Crippen LogP contribution in [0.15, 0.2) is 22.8 Å². The molecule has 0 aliphatic rings. The smallest absolute Gasteiger partial charge is 0.407 e. The van der Waals surface area contributed by atoms with Crippen LogP contribution in [-0.2, 0) is 11.3 Å². The fourth-order valence-electron chi connectivity index (χ4n) is 2.30. The van der Waals surface area contributed by atoms with Crippen molar-refractivity contribution in [3.63, 3.8) is 0 Å². The van der Waals surface area contributed by atoms with Crippen LogP contribution in [0.3, 0.4) is 0 Å². The minimum atomic E-state index is -0.513. The highest BCUT2D eigenvalue weighted by atomic mass is 79.9. The molecule has 0 spiro atoms. The van der Waals surface area contributed by atoms with Crippen LogP contribution < -0.4 is 5.32 Å². The fraction of sp³-hybridized carbons (Fsp3) is 0.438. The Labute approximate surface area is 137 Å². The van der Waals surface area contributed by atoms with Gasteiger partial charge in [0.1, 0.15) is 11.4 Å². The van der Waals surface area contributed by atoms with Gasteiger partial charge in [-0.2, -0.15) is 0 Å². The van der Waals surface area contributed by atoms with Gasteiger partial charge in [-0.15, -0.1) is 0 Å². The van der Waals surface area contributed by atoms with Crippen LogP contribution in [0.25, 0.3) is 10.9 Å². The summed E-state index contributed by atoms with van der Waals surface area (Å²) in [7, 11) is 0. The van der Waals surface area contributed by atoms with Gasteiger partial charge in [-0.3, -0.25) is 0 Å². The lowest BCUT2D eigenvalue weighted by Gasteiger charge is -2.19. The van der Waals surface area contributed by atoms with E-state index in [1.165, 1.54) is 12.1 Å². The molecule has 0 radical (unpaired) electrons. The Morgan fingerprint density at radius 2 is 2.09 bits per heavy atom. The Morgan fingerprint density at radius 1 is 1.41 bits per heavy atom. The molecule has 2 aromatic rings. The molecule has 0 fully saturated rings. The molecule has 0 saturated heterocycles. The van der Waals surface area contributed by atoms with Crippen LogP contribution in [-0.4, -0.2) is 22.8 Å². The lowest BCUT2D eigenvalue weighted by Crippen LogP contribution is -2.34. The molecular formula is C16H20BrFN2O2. The van der Waals surface area contributed by atoms with Crippen molar-refractivity contribution < 1.29 is 13.9 Å². The maximum Gasteiger partial charge on any atom is 0.407 e.